The van der Waals surface area contributed by atoms with Crippen LogP contribution in [0.15, 0.2) is 54.6 Å². The number of unbranched alkanes of at least 4 members (excludes halogenated alkanes) is 1. The highest BCUT2D eigenvalue weighted by Crippen LogP contribution is 2.01. The molecule has 3 nitrogen and oxygen atoms in total. The van der Waals surface area contributed by atoms with Gasteiger partial charge in [0.05, 0.1) is 13.2 Å². The smallest absolute Gasteiger partial charge is 0.330 e. The zero-order valence-electron chi connectivity index (χ0n) is 12.0. The lowest BCUT2D eigenvalue weighted by Crippen LogP contribution is -1.98. The van der Waals surface area contributed by atoms with Crippen molar-refractivity contribution >= 4 is 5.97 Å². The maximum atomic E-state index is 11.0. The molecule has 0 spiro atoms. The van der Waals surface area contributed by atoms with E-state index in [1.165, 1.54) is 11.6 Å². The molecular weight excluding hydrogens is 252 g/mol. The van der Waals surface area contributed by atoms with Crippen LogP contribution in [0.5, 0.6) is 0 Å². The van der Waals surface area contributed by atoms with Gasteiger partial charge in [-0.3, -0.25) is 0 Å². The summed E-state index contributed by atoms with van der Waals surface area (Å²) in [6.45, 7) is 3.59. The molecule has 0 atom stereocenters. The fourth-order valence-corrected chi connectivity index (χ4v) is 1.57. The topological polar surface area (TPSA) is 35.5 Å². The third-order valence-electron chi connectivity index (χ3n) is 2.54. The Hall–Kier alpha value is -1.87. The third-order valence-corrected chi connectivity index (χ3v) is 2.54. The van der Waals surface area contributed by atoms with Gasteiger partial charge in [0.2, 0.25) is 0 Å². The molecule has 1 rings (SSSR count). The predicted octanol–water partition coefficient (Wildman–Crippen LogP) is 3.66. The molecule has 0 saturated heterocycles. The van der Waals surface area contributed by atoms with E-state index in [4.69, 9.17) is 9.47 Å². The van der Waals surface area contributed by atoms with Gasteiger partial charge in [-0.1, -0.05) is 48.6 Å². The number of hydrogen-bond acceptors (Lipinski definition) is 3. The van der Waals surface area contributed by atoms with Gasteiger partial charge >= 0.3 is 5.97 Å². The maximum Gasteiger partial charge on any atom is 0.330 e. The summed E-state index contributed by atoms with van der Waals surface area (Å²) in [5.74, 6) is -0.302. The Morgan fingerprint density at radius 3 is 2.75 bits per heavy atom. The van der Waals surface area contributed by atoms with Gasteiger partial charge in [0.15, 0.2) is 0 Å². The van der Waals surface area contributed by atoms with E-state index in [1.807, 2.05) is 30.4 Å². The zero-order valence-corrected chi connectivity index (χ0v) is 12.0. The Kier molecular flexibility index (Phi) is 8.90. The molecule has 0 aliphatic rings. The monoisotopic (exact) mass is 274 g/mol. The molecule has 0 aliphatic carbocycles. The van der Waals surface area contributed by atoms with Gasteiger partial charge in [-0.15, -0.1) is 0 Å². The van der Waals surface area contributed by atoms with Crippen LogP contribution in [0.2, 0.25) is 0 Å². The van der Waals surface area contributed by atoms with Gasteiger partial charge in [0.1, 0.15) is 0 Å². The molecular formula is C17H22O3. The van der Waals surface area contributed by atoms with Crippen molar-refractivity contribution in [1.82, 2.24) is 0 Å². The lowest BCUT2D eigenvalue weighted by atomic mass is 10.2. The number of esters is 1. The number of carbonyl (C=O) groups is 1. The van der Waals surface area contributed by atoms with Crippen LogP contribution in [0.4, 0.5) is 0 Å². The van der Waals surface area contributed by atoms with Gasteiger partial charge < -0.3 is 9.47 Å². The number of benzene rings is 1. The summed E-state index contributed by atoms with van der Waals surface area (Å²) in [5.41, 5.74) is 1.19. The average molecular weight is 274 g/mol. The van der Waals surface area contributed by atoms with Gasteiger partial charge in [-0.05, 0) is 25.3 Å². The van der Waals surface area contributed by atoms with Crippen LogP contribution in [0.1, 0.15) is 25.3 Å². The molecule has 0 fully saturated rings. The zero-order chi connectivity index (χ0) is 14.5. The molecule has 0 aliphatic heterocycles. The minimum absolute atomic E-state index is 0.302. The molecule has 108 valence electrons. The Morgan fingerprint density at radius 2 is 2.00 bits per heavy atom. The van der Waals surface area contributed by atoms with Gasteiger partial charge in [0, 0.05) is 12.7 Å². The number of ether oxygens (including phenoxy) is 2. The highest BCUT2D eigenvalue weighted by molar-refractivity contribution is 5.82. The van der Waals surface area contributed by atoms with Crippen LogP contribution in [-0.4, -0.2) is 19.2 Å². The SMILES string of the molecule is CCOC(=O)/C=C/C=C/CCCOCc1ccccc1. The molecule has 20 heavy (non-hydrogen) atoms. The van der Waals surface area contributed by atoms with Crippen molar-refractivity contribution in [2.45, 2.75) is 26.4 Å². The van der Waals surface area contributed by atoms with Crippen LogP contribution in [0.3, 0.4) is 0 Å². The lowest BCUT2D eigenvalue weighted by Gasteiger charge is -2.02. The molecule has 0 radical (unpaired) electrons. The lowest BCUT2D eigenvalue weighted by molar-refractivity contribution is -0.137. The second kappa shape index (κ2) is 11.0. The van der Waals surface area contributed by atoms with Crippen LogP contribution >= 0.6 is 0 Å². The summed E-state index contributed by atoms with van der Waals surface area (Å²) in [5, 5.41) is 0. The van der Waals surface area contributed by atoms with E-state index in [9.17, 15) is 4.79 Å². The standard InChI is InChI=1S/C17H22O3/c1-2-20-17(18)13-9-4-3-5-10-14-19-15-16-11-7-6-8-12-16/h3-4,6-9,11-13H,2,5,10,14-15H2,1H3/b4-3+,13-9+. The molecule has 1 aromatic rings. The average Bonchev–Trinajstić information content (AvgIpc) is 2.47. The summed E-state index contributed by atoms with van der Waals surface area (Å²) < 4.78 is 10.3. The minimum Gasteiger partial charge on any atom is -0.463 e. The normalized spacial score (nSPS) is 11.2. The molecule has 0 unspecified atom stereocenters. The number of rotatable bonds is 9. The van der Waals surface area contributed by atoms with Crippen molar-refractivity contribution in [3.63, 3.8) is 0 Å². The van der Waals surface area contributed by atoms with Gasteiger partial charge in [0.25, 0.3) is 0 Å². The molecule has 0 aromatic heterocycles. The molecule has 0 heterocycles. The Labute approximate surface area is 120 Å². The minimum atomic E-state index is -0.302. The van der Waals surface area contributed by atoms with E-state index in [0.29, 0.717) is 13.2 Å². The first-order valence-electron chi connectivity index (χ1n) is 6.94. The molecule has 0 amide bonds. The first-order chi connectivity index (χ1) is 9.83. The summed E-state index contributed by atoms with van der Waals surface area (Å²) in [6.07, 6.45) is 8.89. The van der Waals surface area contributed by atoms with Crippen LogP contribution < -0.4 is 0 Å². The summed E-state index contributed by atoms with van der Waals surface area (Å²) in [4.78, 5) is 11.0. The van der Waals surface area contributed by atoms with Crippen molar-refractivity contribution < 1.29 is 14.3 Å². The van der Waals surface area contributed by atoms with E-state index in [1.54, 1.807) is 13.0 Å². The highest BCUT2D eigenvalue weighted by atomic mass is 16.5. The summed E-state index contributed by atoms with van der Waals surface area (Å²) in [7, 11) is 0. The van der Waals surface area contributed by atoms with E-state index in [2.05, 4.69) is 12.1 Å². The van der Waals surface area contributed by atoms with E-state index >= 15 is 0 Å². The second-order valence-electron chi connectivity index (χ2n) is 4.22. The summed E-state index contributed by atoms with van der Waals surface area (Å²) in [6, 6.07) is 10.1. The van der Waals surface area contributed by atoms with Gasteiger partial charge in [-0.25, -0.2) is 4.79 Å². The predicted molar refractivity (Wildman–Crippen MR) is 80.2 cm³/mol. The first kappa shape index (κ1) is 16.2. The van der Waals surface area contributed by atoms with E-state index in [0.717, 1.165) is 19.4 Å². The number of allylic oxidation sites excluding steroid dienone is 3. The van der Waals surface area contributed by atoms with Crippen LogP contribution in [-0.2, 0) is 20.9 Å². The fraction of sp³-hybridized carbons (Fsp3) is 0.353. The Bertz CT molecular complexity index is 421. The Balaban J connectivity index is 2.00. The van der Waals surface area contributed by atoms with E-state index in [-0.39, 0.29) is 5.97 Å². The molecule has 0 N–H and O–H groups in total. The van der Waals surface area contributed by atoms with Crippen molar-refractivity contribution in [2.75, 3.05) is 13.2 Å². The number of hydrogen-bond donors (Lipinski definition) is 0. The fourth-order valence-electron chi connectivity index (χ4n) is 1.57. The Morgan fingerprint density at radius 1 is 1.20 bits per heavy atom. The van der Waals surface area contributed by atoms with Crippen LogP contribution in [0, 0.1) is 0 Å². The largest absolute Gasteiger partial charge is 0.463 e. The first-order valence-corrected chi connectivity index (χ1v) is 6.94. The van der Waals surface area contributed by atoms with Crippen LogP contribution in [0.25, 0.3) is 0 Å². The van der Waals surface area contributed by atoms with Gasteiger partial charge in [-0.2, -0.15) is 0 Å². The number of carbonyl (C=O) groups excluding carboxylic acids is 1. The van der Waals surface area contributed by atoms with Crippen molar-refractivity contribution in [1.29, 1.82) is 0 Å². The molecule has 3 heteroatoms. The quantitative estimate of drug-likeness (QED) is 0.298. The maximum absolute atomic E-state index is 11.0. The van der Waals surface area contributed by atoms with Crippen molar-refractivity contribution in [3.05, 3.63) is 60.2 Å². The molecule has 0 saturated carbocycles. The highest BCUT2D eigenvalue weighted by Gasteiger charge is 1.91. The van der Waals surface area contributed by atoms with Crippen molar-refractivity contribution in [2.24, 2.45) is 0 Å². The van der Waals surface area contributed by atoms with Crippen molar-refractivity contribution in [3.8, 4) is 0 Å². The molecule has 0 bridgehead atoms. The summed E-state index contributed by atoms with van der Waals surface area (Å²) >= 11 is 0. The van der Waals surface area contributed by atoms with E-state index < -0.39 is 0 Å². The third kappa shape index (κ3) is 8.27. The second-order valence-corrected chi connectivity index (χ2v) is 4.22. The molecule has 1 aromatic carbocycles.